The summed E-state index contributed by atoms with van der Waals surface area (Å²) < 4.78 is 5.56. The molecule has 2 heterocycles. The molecule has 0 aromatic carbocycles. The van der Waals surface area contributed by atoms with Gasteiger partial charge in [0, 0.05) is 13.6 Å². The summed E-state index contributed by atoms with van der Waals surface area (Å²) in [6.07, 6.45) is -1.80. The molecule has 0 radical (unpaired) electrons. The van der Waals surface area contributed by atoms with E-state index in [4.69, 9.17) is 9.84 Å². The third-order valence-electron chi connectivity index (χ3n) is 3.22. The zero-order chi connectivity index (χ0) is 13.3. The molecule has 0 amide bonds. The van der Waals surface area contributed by atoms with Crippen LogP contribution in [-0.4, -0.2) is 75.4 Å². The number of ether oxygens (including phenoxy) is 1. The Morgan fingerprint density at radius 1 is 1.39 bits per heavy atom. The largest absolute Gasteiger partial charge is 0.394 e. The molecule has 3 N–H and O–H groups in total. The Balaban J connectivity index is 2.07. The lowest BCUT2D eigenvalue weighted by Gasteiger charge is -2.37. The van der Waals surface area contributed by atoms with E-state index in [0.29, 0.717) is 0 Å². The summed E-state index contributed by atoms with van der Waals surface area (Å²) in [4.78, 5) is 6.43. The summed E-state index contributed by atoms with van der Waals surface area (Å²) in [5.41, 5.74) is -0.324. The van der Waals surface area contributed by atoms with Gasteiger partial charge in [-0.2, -0.15) is 0 Å². The molecule has 0 bridgehead atoms. The lowest BCUT2D eigenvalue weighted by Crippen LogP contribution is -2.55. The molecule has 7 heteroatoms. The number of hydrogen-bond acceptors (Lipinski definition) is 7. The summed E-state index contributed by atoms with van der Waals surface area (Å²) in [6.45, 7) is 2.66. The van der Waals surface area contributed by atoms with Crippen LogP contribution in [0.15, 0.2) is 4.99 Å². The van der Waals surface area contributed by atoms with E-state index in [-0.39, 0.29) is 12.0 Å². The van der Waals surface area contributed by atoms with Gasteiger partial charge in [0.25, 0.3) is 0 Å². The maximum absolute atomic E-state index is 10.00. The predicted octanol–water partition coefficient (Wildman–Crippen LogP) is -0.761. The van der Waals surface area contributed by atoms with E-state index in [2.05, 4.69) is 11.9 Å². The minimum absolute atomic E-state index is 0.303. The Kier molecular flexibility index (Phi) is 4.50. The average molecular weight is 276 g/mol. The number of rotatable bonds is 3. The first-order chi connectivity index (χ1) is 8.58. The molecular weight excluding hydrogens is 256 g/mol. The topological polar surface area (TPSA) is 85.5 Å². The van der Waals surface area contributed by atoms with Crippen LogP contribution in [0.1, 0.15) is 13.3 Å². The predicted molar refractivity (Wildman–Crippen MR) is 69.5 cm³/mol. The van der Waals surface area contributed by atoms with Crippen LogP contribution in [0.5, 0.6) is 0 Å². The van der Waals surface area contributed by atoms with E-state index in [1.54, 1.807) is 0 Å². The number of hydrogen-bond donors (Lipinski definition) is 3. The smallest absolute Gasteiger partial charge is 0.162 e. The Labute approximate surface area is 111 Å². The fraction of sp³-hybridized carbons (Fsp3) is 0.909. The second-order valence-corrected chi connectivity index (χ2v) is 5.71. The molecule has 2 aliphatic rings. The molecule has 0 saturated carbocycles. The third-order valence-corrected chi connectivity index (χ3v) is 4.47. The van der Waals surface area contributed by atoms with Crippen molar-refractivity contribution < 1.29 is 20.1 Å². The van der Waals surface area contributed by atoms with Crippen molar-refractivity contribution >= 4 is 16.9 Å². The standard InChI is InChI=1S/C11H20N2O4S/c1-3-4-13(2)11-12-7-9(16)8(15)6(5-14)17-10(7)18-11/h6-10,14-16H,3-5H2,1-2H3/t6-,7-,8-,9-,10-/m1/s1. The lowest BCUT2D eigenvalue weighted by atomic mass is 9.99. The quantitative estimate of drug-likeness (QED) is 0.628. The molecule has 5 atom stereocenters. The Morgan fingerprint density at radius 2 is 2.11 bits per heavy atom. The molecule has 0 spiro atoms. The van der Waals surface area contributed by atoms with Gasteiger partial charge in [-0.1, -0.05) is 18.7 Å². The first kappa shape index (κ1) is 14.1. The van der Waals surface area contributed by atoms with Gasteiger partial charge < -0.3 is 25.0 Å². The second-order valence-electron chi connectivity index (χ2n) is 4.65. The lowest BCUT2D eigenvalue weighted by molar-refractivity contribution is -0.164. The molecule has 2 rings (SSSR count). The minimum Gasteiger partial charge on any atom is -0.394 e. The summed E-state index contributed by atoms with van der Waals surface area (Å²) in [5.74, 6) is 0. The highest BCUT2D eigenvalue weighted by Crippen LogP contribution is 2.37. The summed E-state index contributed by atoms with van der Waals surface area (Å²) in [7, 11) is 1.94. The van der Waals surface area contributed by atoms with E-state index < -0.39 is 24.4 Å². The van der Waals surface area contributed by atoms with Crippen LogP contribution in [-0.2, 0) is 4.74 Å². The van der Waals surface area contributed by atoms with Crippen molar-refractivity contribution in [2.45, 2.75) is 43.1 Å². The number of aliphatic hydroxyl groups excluding tert-OH is 3. The zero-order valence-corrected chi connectivity index (χ0v) is 11.4. The van der Waals surface area contributed by atoms with Crippen molar-refractivity contribution in [1.82, 2.24) is 4.90 Å². The highest BCUT2D eigenvalue weighted by molar-refractivity contribution is 8.14. The summed E-state index contributed by atoms with van der Waals surface area (Å²) in [6, 6.07) is -0.456. The third kappa shape index (κ3) is 2.50. The van der Waals surface area contributed by atoms with Crippen molar-refractivity contribution in [2.24, 2.45) is 4.99 Å². The van der Waals surface area contributed by atoms with E-state index in [1.807, 2.05) is 11.9 Å². The molecule has 0 aromatic heterocycles. The minimum atomic E-state index is -1.09. The van der Waals surface area contributed by atoms with E-state index in [9.17, 15) is 10.2 Å². The monoisotopic (exact) mass is 276 g/mol. The number of amidine groups is 1. The van der Waals surface area contributed by atoms with Gasteiger partial charge in [0.05, 0.1) is 6.61 Å². The van der Waals surface area contributed by atoms with Crippen molar-refractivity contribution in [1.29, 1.82) is 0 Å². The Bertz CT molecular complexity index is 328. The molecule has 0 aromatic rings. The van der Waals surface area contributed by atoms with Gasteiger partial charge in [-0.25, -0.2) is 0 Å². The van der Waals surface area contributed by atoms with Gasteiger partial charge in [-0.3, -0.25) is 4.99 Å². The van der Waals surface area contributed by atoms with E-state index in [1.165, 1.54) is 11.8 Å². The van der Waals surface area contributed by atoms with Gasteiger partial charge in [0.1, 0.15) is 29.8 Å². The van der Waals surface area contributed by atoms with Gasteiger partial charge in [-0.15, -0.1) is 0 Å². The van der Waals surface area contributed by atoms with Gasteiger partial charge in [-0.05, 0) is 6.42 Å². The number of aliphatic imine (C=N–C) groups is 1. The van der Waals surface area contributed by atoms with Crippen LogP contribution in [0, 0.1) is 0 Å². The van der Waals surface area contributed by atoms with Crippen LogP contribution in [0.25, 0.3) is 0 Å². The normalized spacial score (nSPS) is 39.4. The van der Waals surface area contributed by atoms with Crippen LogP contribution >= 0.6 is 11.8 Å². The molecule has 0 unspecified atom stereocenters. The molecule has 104 valence electrons. The number of aliphatic hydroxyl groups is 3. The number of nitrogens with zero attached hydrogens (tertiary/aromatic N) is 2. The fourth-order valence-corrected chi connectivity index (χ4v) is 3.40. The van der Waals surface area contributed by atoms with Crippen LogP contribution in [0.3, 0.4) is 0 Å². The first-order valence-corrected chi connectivity index (χ1v) is 7.04. The van der Waals surface area contributed by atoms with Crippen molar-refractivity contribution in [3.8, 4) is 0 Å². The van der Waals surface area contributed by atoms with E-state index in [0.717, 1.165) is 18.1 Å². The highest BCUT2D eigenvalue weighted by atomic mass is 32.2. The SMILES string of the molecule is CCCN(C)C1=N[C@@H]2[C@@H](O)[C@H](O)[C@@H](CO)O[C@@H]2S1. The highest BCUT2D eigenvalue weighted by Gasteiger charge is 2.48. The molecule has 6 nitrogen and oxygen atoms in total. The van der Waals surface area contributed by atoms with Crippen molar-refractivity contribution in [3.05, 3.63) is 0 Å². The molecule has 2 aliphatic heterocycles. The number of thioether (sulfide) groups is 1. The van der Waals surface area contributed by atoms with E-state index >= 15 is 0 Å². The fourth-order valence-electron chi connectivity index (χ4n) is 2.18. The maximum Gasteiger partial charge on any atom is 0.162 e. The zero-order valence-electron chi connectivity index (χ0n) is 10.6. The Morgan fingerprint density at radius 3 is 2.72 bits per heavy atom. The van der Waals surface area contributed by atoms with Gasteiger partial charge in [0.15, 0.2) is 5.17 Å². The molecule has 1 saturated heterocycles. The van der Waals surface area contributed by atoms with Crippen molar-refractivity contribution in [2.75, 3.05) is 20.2 Å². The van der Waals surface area contributed by atoms with Crippen LogP contribution in [0.2, 0.25) is 0 Å². The molecule has 0 aliphatic carbocycles. The average Bonchev–Trinajstić information content (AvgIpc) is 2.78. The molecule has 1 fully saturated rings. The maximum atomic E-state index is 10.00. The Hall–Kier alpha value is -0.340. The first-order valence-electron chi connectivity index (χ1n) is 6.16. The van der Waals surface area contributed by atoms with Crippen molar-refractivity contribution in [3.63, 3.8) is 0 Å². The van der Waals surface area contributed by atoms with Crippen LogP contribution < -0.4 is 0 Å². The van der Waals surface area contributed by atoms with Crippen LogP contribution in [0.4, 0.5) is 0 Å². The number of fused-ring (bicyclic) bond motifs is 1. The van der Waals surface area contributed by atoms with Gasteiger partial charge in [0.2, 0.25) is 0 Å². The summed E-state index contributed by atoms with van der Waals surface area (Å²) >= 11 is 1.44. The van der Waals surface area contributed by atoms with Gasteiger partial charge >= 0.3 is 0 Å². The molecule has 18 heavy (non-hydrogen) atoms. The second kappa shape index (κ2) is 5.75. The molecular formula is C11H20N2O4S. The summed E-state index contributed by atoms with van der Waals surface area (Å²) in [5, 5.41) is 29.7.